The quantitative estimate of drug-likeness (QED) is 0.463. The molecule has 2 aromatic carbocycles. The van der Waals surface area contributed by atoms with Crippen LogP contribution in [0.15, 0.2) is 52.2 Å². The van der Waals surface area contributed by atoms with Gasteiger partial charge in [0.2, 0.25) is 5.91 Å². The number of halogens is 1. The van der Waals surface area contributed by atoms with Gasteiger partial charge in [-0.15, -0.1) is 11.3 Å². The zero-order valence-corrected chi connectivity index (χ0v) is 15.7. The van der Waals surface area contributed by atoms with Crippen molar-refractivity contribution in [2.75, 3.05) is 11.1 Å². The van der Waals surface area contributed by atoms with E-state index in [1.165, 1.54) is 23.1 Å². The lowest BCUT2D eigenvalue weighted by Crippen LogP contribution is -2.13. The van der Waals surface area contributed by atoms with Crippen LogP contribution in [0.5, 0.6) is 5.75 Å². The fourth-order valence-corrected chi connectivity index (χ4v) is 3.90. The Bertz CT molecular complexity index is 894. The maximum Gasteiger partial charge on any atom is 0.234 e. The third kappa shape index (κ3) is 4.75. The number of thiazole rings is 1. The number of aromatic nitrogens is 1. The molecule has 0 fully saturated rings. The highest BCUT2D eigenvalue weighted by Crippen LogP contribution is 2.29. The van der Waals surface area contributed by atoms with Crippen LogP contribution in [0.25, 0.3) is 11.3 Å². The maximum atomic E-state index is 12.1. The predicted octanol–water partition coefficient (Wildman–Crippen LogP) is 5.21. The number of hydrogen-bond acceptors (Lipinski definition) is 5. The number of nitrogens with one attached hydrogen (secondary N) is 1. The molecule has 3 aromatic rings. The Labute approximate surface area is 158 Å². The average Bonchev–Trinajstić information content (AvgIpc) is 3.06. The molecule has 0 saturated heterocycles. The third-order valence-electron chi connectivity index (χ3n) is 3.43. The van der Waals surface area contributed by atoms with Gasteiger partial charge in [0.15, 0.2) is 4.34 Å². The van der Waals surface area contributed by atoms with Gasteiger partial charge in [-0.3, -0.25) is 4.79 Å². The van der Waals surface area contributed by atoms with Crippen LogP contribution in [0, 0.1) is 6.92 Å². The molecule has 0 aliphatic heterocycles. The number of benzene rings is 2. The molecule has 3 rings (SSSR count). The van der Waals surface area contributed by atoms with Crippen LogP contribution in [0.1, 0.15) is 5.56 Å². The number of amides is 1. The number of aryl methyl sites for hydroxylation is 1. The van der Waals surface area contributed by atoms with E-state index in [-0.39, 0.29) is 17.4 Å². The summed E-state index contributed by atoms with van der Waals surface area (Å²) in [4.78, 5) is 16.6. The summed E-state index contributed by atoms with van der Waals surface area (Å²) >= 11 is 8.79. The van der Waals surface area contributed by atoms with E-state index in [2.05, 4.69) is 10.3 Å². The summed E-state index contributed by atoms with van der Waals surface area (Å²) in [6, 6.07) is 12.5. The second kappa shape index (κ2) is 7.91. The van der Waals surface area contributed by atoms with Crippen LogP contribution < -0.4 is 5.32 Å². The molecule has 0 atom stereocenters. The van der Waals surface area contributed by atoms with Gasteiger partial charge >= 0.3 is 0 Å². The monoisotopic (exact) mass is 390 g/mol. The van der Waals surface area contributed by atoms with Gasteiger partial charge in [-0.05, 0) is 42.8 Å². The van der Waals surface area contributed by atoms with Gasteiger partial charge < -0.3 is 10.4 Å². The van der Waals surface area contributed by atoms with E-state index < -0.39 is 0 Å². The molecule has 0 aliphatic rings. The summed E-state index contributed by atoms with van der Waals surface area (Å²) in [6.45, 7) is 1.79. The van der Waals surface area contributed by atoms with Crippen molar-refractivity contribution in [3.63, 3.8) is 0 Å². The lowest BCUT2D eigenvalue weighted by molar-refractivity contribution is -0.113. The molecule has 0 radical (unpaired) electrons. The number of anilines is 1. The van der Waals surface area contributed by atoms with E-state index in [9.17, 15) is 9.90 Å². The highest BCUT2D eigenvalue weighted by atomic mass is 35.5. The number of phenols is 1. The first-order valence-corrected chi connectivity index (χ1v) is 9.69. The Hall–Kier alpha value is -2.02. The zero-order chi connectivity index (χ0) is 17.8. The van der Waals surface area contributed by atoms with Crippen LogP contribution >= 0.6 is 34.7 Å². The molecule has 1 aromatic heterocycles. The molecular weight excluding hydrogens is 376 g/mol. The highest BCUT2D eigenvalue weighted by molar-refractivity contribution is 8.01. The van der Waals surface area contributed by atoms with Gasteiger partial charge in [0.05, 0.1) is 11.4 Å². The molecule has 7 heteroatoms. The fraction of sp³-hybridized carbons (Fsp3) is 0.111. The Morgan fingerprint density at radius 3 is 2.76 bits per heavy atom. The normalized spacial score (nSPS) is 10.6. The van der Waals surface area contributed by atoms with E-state index in [4.69, 9.17) is 11.6 Å². The minimum Gasteiger partial charge on any atom is -0.508 e. The van der Waals surface area contributed by atoms with Crippen molar-refractivity contribution in [2.45, 2.75) is 11.3 Å². The van der Waals surface area contributed by atoms with Crippen LogP contribution in [0.2, 0.25) is 5.02 Å². The zero-order valence-electron chi connectivity index (χ0n) is 13.3. The van der Waals surface area contributed by atoms with Gasteiger partial charge in [-0.1, -0.05) is 35.5 Å². The van der Waals surface area contributed by atoms with Gasteiger partial charge in [0.1, 0.15) is 5.75 Å². The van der Waals surface area contributed by atoms with Crippen LogP contribution in [0.3, 0.4) is 0 Å². The van der Waals surface area contributed by atoms with Gasteiger partial charge in [0, 0.05) is 21.7 Å². The molecule has 1 amide bonds. The predicted molar refractivity (Wildman–Crippen MR) is 105 cm³/mol. The largest absolute Gasteiger partial charge is 0.508 e. The van der Waals surface area contributed by atoms with Crippen molar-refractivity contribution in [2.24, 2.45) is 0 Å². The minimum absolute atomic E-state index is 0.113. The summed E-state index contributed by atoms with van der Waals surface area (Å²) in [5, 5.41) is 15.0. The molecular formula is C18H15ClN2O2S2. The van der Waals surface area contributed by atoms with Crippen molar-refractivity contribution in [3.05, 3.63) is 58.4 Å². The number of hydrogen-bond donors (Lipinski definition) is 2. The SMILES string of the molecule is Cc1cc(NC(=O)CSc2nc(-c3ccc(Cl)cc3)cs2)ccc1O. The molecule has 0 spiro atoms. The second-order valence-electron chi connectivity index (χ2n) is 5.34. The topological polar surface area (TPSA) is 62.2 Å². The first-order chi connectivity index (χ1) is 12.0. The number of aromatic hydroxyl groups is 1. The lowest BCUT2D eigenvalue weighted by atomic mass is 10.2. The number of carbonyl (C=O) groups excluding carboxylic acids is 1. The summed E-state index contributed by atoms with van der Waals surface area (Å²) < 4.78 is 0.835. The number of phenolic OH excluding ortho intramolecular Hbond substituents is 1. The summed E-state index contributed by atoms with van der Waals surface area (Å²) in [5.41, 5.74) is 3.26. The van der Waals surface area contributed by atoms with E-state index in [0.717, 1.165) is 21.2 Å². The standard InChI is InChI=1S/C18H15ClN2O2S2/c1-11-8-14(6-7-16(11)22)20-17(23)10-25-18-21-15(9-24-18)12-2-4-13(19)5-3-12/h2-9,22H,10H2,1H3,(H,20,23). The number of nitrogens with zero attached hydrogens (tertiary/aromatic N) is 1. The van der Waals surface area contributed by atoms with Crippen molar-refractivity contribution in [3.8, 4) is 17.0 Å². The molecule has 0 saturated carbocycles. The summed E-state index contributed by atoms with van der Waals surface area (Å²) in [7, 11) is 0. The van der Waals surface area contributed by atoms with E-state index in [1.807, 2.05) is 29.6 Å². The molecule has 0 unspecified atom stereocenters. The van der Waals surface area contributed by atoms with Gasteiger partial charge in [-0.25, -0.2) is 4.98 Å². The minimum atomic E-state index is -0.113. The van der Waals surface area contributed by atoms with Crippen LogP contribution in [-0.2, 0) is 4.79 Å². The van der Waals surface area contributed by atoms with Crippen molar-refractivity contribution in [1.82, 2.24) is 4.98 Å². The molecule has 25 heavy (non-hydrogen) atoms. The van der Waals surface area contributed by atoms with E-state index >= 15 is 0 Å². The number of thioether (sulfide) groups is 1. The molecule has 128 valence electrons. The van der Waals surface area contributed by atoms with Crippen molar-refractivity contribution < 1.29 is 9.90 Å². The Kier molecular flexibility index (Phi) is 5.63. The Balaban J connectivity index is 1.57. The Morgan fingerprint density at radius 2 is 2.04 bits per heavy atom. The van der Waals surface area contributed by atoms with E-state index in [0.29, 0.717) is 10.7 Å². The van der Waals surface area contributed by atoms with Crippen LogP contribution in [0.4, 0.5) is 5.69 Å². The van der Waals surface area contributed by atoms with Crippen molar-refractivity contribution >= 4 is 46.3 Å². The van der Waals surface area contributed by atoms with Crippen LogP contribution in [-0.4, -0.2) is 21.8 Å². The first-order valence-electron chi connectivity index (χ1n) is 7.45. The maximum absolute atomic E-state index is 12.1. The average molecular weight is 391 g/mol. The van der Waals surface area contributed by atoms with E-state index in [1.54, 1.807) is 25.1 Å². The third-order valence-corrected chi connectivity index (χ3v) is 5.70. The fourth-order valence-electron chi connectivity index (χ4n) is 2.13. The summed E-state index contributed by atoms with van der Waals surface area (Å²) in [6.07, 6.45) is 0. The highest BCUT2D eigenvalue weighted by Gasteiger charge is 2.09. The van der Waals surface area contributed by atoms with Crippen molar-refractivity contribution in [1.29, 1.82) is 0 Å². The Morgan fingerprint density at radius 1 is 1.28 bits per heavy atom. The number of rotatable bonds is 5. The number of carbonyl (C=O) groups is 1. The van der Waals surface area contributed by atoms with Gasteiger partial charge in [-0.2, -0.15) is 0 Å². The molecule has 4 nitrogen and oxygen atoms in total. The molecule has 0 aliphatic carbocycles. The smallest absolute Gasteiger partial charge is 0.234 e. The molecule has 0 bridgehead atoms. The van der Waals surface area contributed by atoms with Gasteiger partial charge in [0.25, 0.3) is 0 Å². The second-order valence-corrected chi connectivity index (χ2v) is 7.86. The summed E-state index contributed by atoms with van der Waals surface area (Å²) in [5.74, 6) is 0.372. The first kappa shape index (κ1) is 17.8. The molecule has 1 heterocycles. The lowest BCUT2D eigenvalue weighted by Gasteiger charge is -2.06. The molecule has 2 N–H and O–H groups in total.